The Hall–Kier alpha value is -2.11. The van der Waals surface area contributed by atoms with Crippen LogP contribution in [0.4, 0.5) is 0 Å². The predicted octanol–water partition coefficient (Wildman–Crippen LogP) is 3.78. The summed E-state index contributed by atoms with van der Waals surface area (Å²) in [6, 6.07) is 10.5. The molecule has 0 fully saturated rings. The summed E-state index contributed by atoms with van der Waals surface area (Å²) in [7, 11) is 3.87. The van der Waals surface area contributed by atoms with Gasteiger partial charge < -0.3 is 19.3 Å². The van der Waals surface area contributed by atoms with Crippen molar-refractivity contribution in [3.63, 3.8) is 0 Å². The van der Waals surface area contributed by atoms with Crippen molar-refractivity contribution in [2.24, 2.45) is 0 Å². The molecule has 5 nitrogen and oxygen atoms in total. The van der Waals surface area contributed by atoms with E-state index in [0.29, 0.717) is 12.5 Å². The average Bonchev–Trinajstić information content (AvgIpc) is 2.73. The van der Waals surface area contributed by atoms with Gasteiger partial charge in [-0.2, -0.15) is 0 Å². The van der Waals surface area contributed by atoms with E-state index in [-0.39, 0.29) is 0 Å². The lowest BCUT2D eigenvalue weighted by Crippen LogP contribution is -2.31. The first-order valence-electron chi connectivity index (χ1n) is 10.3. The van der Waals surface area contributed by atoms with E-state index in [4.69, 9.17) is 9.47 Å². The maximum absolute atomic E-state index is 5.95. The predicted molar refractivity (Wildman–Crippen MR) is 113 cm³/mol. The molecular weight excluding hydrogens is 350 g/mol. The van der Waals surface area contributed by atoms with Crippen molar-refractivity contribution in [1.29, 1.82) is 0 Å². The molecule has 0 aliphatic carbocycles. The van der Waals surface area contributed by atoms with Crippen molar-refractivity contribution >= 4 is 0 Å². The van der Waals surface area contributed by atoms with E-state index in [2.05, 4.69) is 53.9 Å². The van der Waals surface area contributed by atoms with Gasteiger partial charge in [0.1, 0.15) is 5.75 Å². The van der Waals surface area contributed by atoms with Gasteiger partial charge in [-0.25, -0.2) is 4.98 Å². The van der Waals surface area contributed by atoms with Crippen molar-refractivity contribution in [2.75, 3.05) is 46.9 Å². The zero-order valence-corrected chi connectivity index (χ0v) is 17.6. The van der Waals surface area contributed by atoms with Crippen LogP contribution in [-0.2, 0) is 6.54 Å². The minimum Gasteiger partial charge on any atom is -0.497 e. The molecule has 0 saturated heterocycles. The molecule has 152 valence electrons. The maximum Gasteiger partial charge on any atom is 0.213 e. The van der Waals surface area contributed by atoms with Crippen molar-refractivity contribution in [3.8, 4) is 11.6 Å². The molecule has 2 aromatic rings. The number of fused-ring (bicyclic) bond motifs is 1. The number of rotatable bonds is 9. The van der Waals surface area contributed by atoms with Crippen LogP contribution < -0.4 is 9.47 Å². The molecule has 0 spiro atoms. The van der Waals surface area contributed by atoms with Crippen molar-refractivity contribution in [3.05, 3.63) is 53.2 Å². The molecule has 5 heteroatoms. The molecule has 0 saturated carbocycles. The van der Waals surface area contributed by atoms with Gasteiger partial charge in [-0.3, -0.25) is 0 Å². The Kier molecular flexibility index (Phi) is 7.29. The Labute approximate surface area is 169 Å². The topological polar surface area (TPSA) is 37.8 Å². The summed E-state index contributed by atoms with van der Waals surface area (Å²) in [5, 5.41) is 0. The summed E-state index contributed by atoms with van der Waals surface area (Å²) in [6.45, 7) is 10.3. The van der Waals surface area contributed by atoms with E-state index in [1.54, 1.807) is 7.11 Å². The van der Waals surface area contributed by atoms with Crippen molar-refractivity contribution < 1.29 is 9.47 Å². The molecule has 0 bridgehead atoms. The average molecular weight is 384 g/mol. The van der Waals surface area contributed by atoms with E-state index in [1.165, 1.54) is 16.7 Å². The van der Waals surface area contributed by atoms with Crippen LogP contribution >= 0.6 is 0 Å². The van der Waals surface area contributed by atoms with E-state index < -0.39 is 0 Å². The second-order valence-electron chi connectivity index (χ2n) is 7.47. The molecule has 2 heterocycles. The van der Waals surface area contributed by atoms with Crippen molar-refractivity contribution in [1.82, 2.24) is 14.8 Å². The van der Waals surface area contributed by atoms with Gasteiger partial charge in [0, 0.05) is 37.8 Å². The minimum atomic E-state index is 0.323. The van der Waals surface area contributed by atoms with Crippen LogP contribution in [0, 0.1) is 0 Å². The van der Waals surface area contributed by atoms with Gasteiger partial charge in [0.05, 0.1) is 13.7 Å². The molecule has 1 aliphatic rings. The van der Waals surface area contributed by atoms with Gasteiger partial charge in [-0.15, -0.1) is 0 Å². The molecule has 1 unspecified atom stereocenters. The molecule has 3 rings (SSSR count). The van der Waals surface area contributed by atoms with Crippen LogP contribution in [0.5, 0.6) is 11.6 Å². The number of hydrogen-bond donors (Lipinski definition) is 0. The fourth-order valence-corrected chi connectivity index (χ4v) is 3.91. The van der Waals surface area contributed by atoms with Gasteiger partial charge in [0.25, 0.3) is 0 Å². The molecule has 1 aliphatic heterocycles. The molecule has 0 amide bonds. The van der Waals surface area contributed by atoms with Gasteiger partial charge in [0.2, 0.25) is 5.88 Å². The van der Waals surface area contributed by atoms with Crippen LogP contribution in [0.2, 0.25) is 0 Å². The summed E-state index contributed by atoms with van der Waals surface area (Å²) in [4.78, 5) is 9.38. The SMILES string of the molecule is CCN(CC)CCCOc1cc2c(cn1)C(c1ccc(OC)cc1)CN(C)C2. The van der Waals surface area contributed by atoms with Gasteiger partial charge in [0.15, 0.2) is 0 Å². The smallest absolute Gasteiger partial charge is 0.213 e. The zero-order chi connectivity index (χ0) is 19.9. The Morgan fingerprint density at radius 1 is 1.18 bits per heavy atom. The highest BCUT2D eigenvalue weighted by atomic mass is 16.5. The third-order valence-electron chi connectivity index (χ3n) is 5.59. The first-order chi connectivity index (χ1) is 13.6. The van der Waals surface area contributed by atoms with Crippen LogP contribution in [0.3, 0.4) is 0 Å². The number of hydrogen-bond acceptors (Lipinski definition) is 5. The highest BCUT2D eigenvalue weighted by molar-refractivity contribution is 5.42. The van der Waals surface area contributed by atoms with E-state index in [1.807, 2.05) is 18.3 Å². The Balaban J connectivity index is 1.68. The molecule has 0 N–H and O–H groups in total. The Morgan fingerprint density at radius 2 is 1.93 bits per heavy atom. The minimum absolute atomic E-state index is 0.323. The maximum atomic E-state index is 5.95. The summed E-state index contributed by atoms with van der Waals surface area (Å²) in [5.41, 5.74) is 3.91. The van der Waals surface area contributed by atoms with Gasteiger partial charge in [-0.1, -0.05) is 26.0 Å². The molecule has 28 heavy (non-hydrogen) atoms. The van der Waals surface area contributed by atoms with Crippen molar-refractivity contribution in [2.45, 2.75) is 32.7 Å². The lowest BCUT2D eigenvalue weighted by Gasteiger charge is -2.32. The Bertz CT molecular complexity index is 744. The van der Waals surface area contributed by atoms with Gasteiger partial charge >= 0.3 is 0 Å². The lowest BCUT2D eigenvalue weighted by atomic mass is 9.86. The summed E-state index contributed by atoms with van der Waals surface area (Å²) >= 11 is 0. The highest BCUT2D eigenvalue weighted by Gasteiger charge is 2.25. The largest absolute Gasteiger partial charge is 0.497 e. The first kappa shape index (κ1) is 20.6. The number of aromatic nitrogens is 1. The number of likely N-dealkylation sites (N-methyl/N-ethyl adjacent to an activating group) is 1. The normalized spacial score (nSPS) is 16.8. The fourth-order valence-electron chi connectivity index (χ4n) is 3.91. The highest BCUT2D eigenvalue weighted by Crippen LogP contribution is 2.34. The van der Waals surface area contributed by atoms with Crippen LogP contribution in [0.1, 0.15) is 42.9 Å². The lowest BCUT2D eigenvalue weighted by molar-refractivity contribution is 0.243. The van der Waals surface area contributed by atoms with E-state index >= 15 is 0 Å². The number of pyridine rings is 1. The van der Waals surface area contributed by atoms with Crippen LogP contribution in [-0.4, -0.2) is 61.7 Å². The third kappa shape index (κ3) is 5.03. The fraction of sp³-hybridized carbons (Fsp3) is 0.522. The number of methoxy groups -OCH3 is 1. The van der Waals surface area contributed by atoms with Crippen LogP contribution in [0.25, 0.3) is 0 Å². The van der Waals surface area contributed by atoms with E-state index in [0.717, 1.165) is 50.8 Å². The first-order valence-corrected chi connectivity index (χ1v) is 10.3. The van der Waals surface area contributed by atoms with Crippen LogP contribution in [0.15, 0.2) is 36.5 Å². The molecule has 1 aromatic carbocycles. The summed E-state index contributed by atoms with van der Waals surface area (Å²) in [5.74, 6) is 1.95. The van der Waals surface area contributed by atoms with Gasteiger partial charge in [-0.05, 0) is 55.4 Å². The second kappa shape index (κ2) is 9.89. The monoisotopic (exact) mass is 383 g/mol. The molecular formula is C23H33N3O2. The molecule has 1 aromatic heterocycles. The standard InChI is InChI=1S/C23H33N3O2/c1-5-26(6-2)12-7-13-28-23-14-19-16-25(3)17-22(21(19)15-24-23)18-8-10-20(27-4)11-9-18/h8-11,14-15,22H,5-7,12-13,16-17H2,1-4H3. The third-order valence-corrected chi connectivity index (χ3v) is 5.59. The summed E-state index contributed by atoms with van der Waals surface area (Å²) in [6.07, 6.45) is 3.03. The zero-order valence-electron chi connectivity index (χ0n) is 17.6. The van der Waals surface area contributed by atoms with E-state index in [9.17, 15) is 0 Å². The number of benzene rings is 1. The summed E-state index contributed by atoms with van der Waals surface area (Å²) < 4.78 is 11.2. The second-order valence-corrected chi connectivity index (χ2v) is 7.47. The Morgan fingerprint density at radius 3 is 2.61 bits per heavy atom. The molecule has 1 atom stereocenters. The number of nitrogens with zero attached hydrogens (tertiary/aromatic N) is 3. The quantitative estimate of drug-likeness (QED) is 0.616. The molecule has 0 radical (unpaired) electrons. The number of ether oxygens (including phenoxy) is 2.